The van der Waals surface area contributed by atoms with Crippen molar-refractivity contribution in [3.63, 3.8) is 0 Å². The highest BCUT2D eigenvalue weighted by Gasteiger charge is 2.24. The van der Waals surface area contributed by atoms with Gasteiger partial charge in [0.2, 0.25) is 0 Å². The summed E-state index contributed by atoms with van der Waals surface area (Å²) in [5, 5.41) is 7.69. The van der Waals surface area contributed by atoms with E-state index in [4.69, 9.17) is 9.15 Å². The van der Waals surface area contributed by atoms with Crippen LogP contribution < -0.4 is 10.1 Å². The Balaban J connectivity index is 2.50. The molecule has 0 aliphatic rings. The number of nitrogens with zero attached hydrogens (tertiary/aromatic N) is 2. The van der Waals surface area contributed by atoms with Crippen molar-refractivity contribution in [2.24, 2.45) is 0 Å². The predicted molar refractivity (Wildman–Crippen MR) is 73.4 cm³/mol. The van der Waals surface area contributed by atoms with Crippen molar-refractivity contribution in [1.29, 1.82) is 0 Å². The molecule has 0 aliphatic heterocycles. The number of hydrogen-bond acceptors (Lipinski definition) is 4. The van der Waals surface area contributed by atoms with Gasteiger partial charge in [0.1, 0.15) is 11.5 Å². The molecule has 2 rings (SSSR count). The fourth-order valence-electron chi connectivity index (χ4n) is 2.41. The molecule has 104 valence electrons. The smallest absolute Gasteiger partial charge is 0.161 e. The molecule has 2 heterocycles. The number of nitrogens with one attached hydrogen (secondary N) is 1. The SMILES string of the molecule is CCc1occc1C(NC)c1c(OC)cnn1CC. The first-order chi connectivity index (χ1) is 9.26. The molecule has 0 fully saturated rings. The van der Waals surface area contributed by atoms with Crippen LogP contribution >= 0.6 is 0 Å². The molecule has 0 radical (unpaired) electrons. The molecule has 0 amide bonds. The monoisotopic (exact) mass is 263 g/mol. The van der Waals surface area contributed by atoms with Gasteiger partial charge in [0.25, 0.3) is 0 Å². The van der Waals surface area contributed by atoms with Gasteiger partial charge in [-0.1, -0.05) is 6.92 Å². The zero-order valence-electron chi connectivity index (χ0n) is 11.9. The van der Waals surface area contributed by atoms with Gasteiger partial charge >= 0.3 is 0 Å². The van der Waals surface area contributed by atoms with Crippen LogP contribution in [0.1, 0.15) is 36.9 Å². The lowest BCUT2D eigenvalue weighted by Crippen LogP contribution is -2.22. The van der Waals surface area contributed by atoms with Crippen LogP contribution in [-0.2, 0) is 13.0 Å². The summed E-state index contributed by atoms with van der Waals surface area (Å²) >= 11 is 0. The topological polar surface area (TPSA) is 52.2 Å². The molecule has 5 heteroatoms. The van der Waals surface area contributed by atoms with Crippen LogP contribution in [0, 0.1) is 0 Å². The maximum Gasteiger partial charge on any atom is 0.161 e. The number of ether oxygens (including phenoxy) is 1. The molecule has 2 aromatic heterocycles. The van der Waals surface area contributed by atoms with Crippen LogP contribution in [0.3, 0.4) is 0 Å². The zero-order chi connectivity index (χ0) is 13.8. The number of hydrogen-bond donors (Lipinski definition) is 1. The van der Waals surface area contributed by atoms with E-state index in [2.05, 4.69) is 24.3 Å². The second-order valence-electron chi connectivity index (χ2n) is 4.29. The second-order valence-corrected chi connectivity index (χ2v) is 4.29. The molecule has 0 aromatic carbocycles. The highest BCUT2D eigenvalue weighted by Crippen LogP contribution is 2.32. The van der Waals surface area contributed by atoms with Gasteiger partial charge in [0.05, 0.1) is 25.6 Å². The van der Waals surface area contributed by atoms with Crippen molar-refractivity contribution in [3.05, 3.63) is 35.5 Å². The molecular weight excluding hydrogens is 242 g/mol. The first-order valence-corrected chi connectivity index (χ1v) is 6.59. The molecule has 2 aromatic rings. The maximum absolute atomic E-state index is 5.53. The lowest BCUT2D eigenvalue weighted by atomic mass is 10.0. The summed E-state index contributed by atoms with van der Waals surface area (Å²) in [5.74, 6) is 1.79. The van der Waals surface area contributed by atoms with Crippen LogP contribution in [-0.4, -0.2) is 23.9 Å². The van der Waals surface area contributed by atoms with Gasteiger partial charge < -0.3 is 14.5 Å². The Labute approximate surface area is 113 Å². The number of furan rings is 1. The average Bonchev–Trinajstić information content (AvgIpc) is 3.06. The lowest BCUT2D eigenvalue weighted by Gasteiger charge is -2.19. The van der Waals surface area contributed by atoms with Gasteiger partial charge in [0, 0.05) is 18.5 Å². The van der Waals surface area contributed by atoms with Crippen molar-refractivity contribution >= 4 is 0 Å². The minimum absolute atomic E-state index is 0.0195. The molecule has 5 nitrogen and oxygen atoms in total. The van der Waals surface area contributed by atoms with Gasteiger partial charge in [-0.15, -0.1) is 0 Å². The Morgan fingerprint density at radius 1 is 1.47 bits per heavy atom. The fourth-order valence-corrected chi connectivity index (χ4v) is 2.41. The standard InChI is InChI=1S/C14H21N3O2/c1-5-11-10(7-8-19-11)13(15-3)14-12(18-4)9-16-17(14)6-2/h7-9,13,15H,5-6H2,1-4H3. The van der Waals surface area contributed by atoms with E-state index < -0.39 is 0 Å². The average molecular weight is 263 g/mol. The maximum atomic E-state index is 5.53. The quantitative estimate of drug-likeness (QED) is 0.869. The number of aryl methyl sites for hydroxylation is 2. The van der Waals surface area contributed by atoms with Crippen molar-refractivity contribution in [3.8, 4) is 5.75 Å². The Kier molecular flexibility index (Phi) is 4.27. The van der Waals surface area contributed by atoms with E-state index in [9.17, 15) is 0 Å². The predicted octanol–water partition coefficient (Wildman–Crippen LogP) is 2.38. The molecule has 0 saturated carbocycles. The number of aromatic nitrogens is 2. The number of methoxy groups -OCH3 is 1. The van der Waals surface area contributed by atoms with Crippen LogP contribution in [0.15, 0.2) is 22.9 Å². The normalized spacial score (nSPS) is 12.6. The van der Waals surface area contributed by atoms with Crippen LogP contribution in [0.25, 0.3) is 0 Å². The van der Waals surface area contributed by atoms with Crippen LogP contribution in [0.2, 0.25) is 0 Å². The third kappa shape index (κ3) is 2.38. The highest BCUT2D eigenvalue weighted by molar-refractivity contribution is 5.37. The first-order valence-electron chi connectivity index (χ1n) is 6.59. The highest BCUT2D eigenvalue weighted by atomic mass is 16.5. The van der Waals surface area contributed by atoms with Crippen LogP contribution in [0.5, 0.6) is 5.75 Å². The lowest BCUT2D eigenvalue weighted by molar-refractivity contribution is 0.400. The summed E-state index contributed by atoms with van der Waals surface area (Å²) in [4.78, 5) is 0. The summed E-state index contributed by atoms with van der Waals surface area (Å²) in [7, 11) is 3.60. The third-order valence-electron chi connectivity index (χ3n) is 3.34. The first kappa shape index (κ1) is 13.7. The zero-order valence-corrected chi connectivity index (χ0v) is 11.9. The summed E-state index contributed by atoms with van der Waals surface area (Å²) in [6.07, 6.45) is 4.36. The molecule has 1 unspecified atom stereocenters. The van der Waals surface area contributed by atoms with Gasteiger partial charge in [0.15, 0.2) is 5.75 Å². The molecule has 0 aliphatic carbocycles. The minimum atomic E-state index is 0.0195. The van der Waals surface area contributed by atoms with Gasteiger partial charge in [-0.25, -0.2) is 0 Å². The van der Waals surface area contributed by atoms with E-state index >= 15 is 0 Å². The summed E-state index contributed by atoms with van der Waals surface area (Å²) in [6.45, 7) is 4.96. The Hall–Kier alpha value is -1.75. The molecule has 1 N–H and O–H groups in total. The Morgan fingerprint density at radius 2 is 2.26 bits per heavy atom. The Morgan fingerprint density at radius 3 is 2.84 bits per heavy atom. The van der Waals surface area contributed by atoms with Gasteiger partial charge in [-0.2, -0.15) is 5.10 Å². The molecule has 19 heavy (non-hydrogen) atoms. The fraction of sp³-hybridized carbons (Fsp3) is 0.500. The van der Waals surface area contributed by atoms with Gasteiger partial charge in [-0.3, -0.25) is 4.68 Å². The van der Waals surface area contributed by atoms with Crippen LogP contribution in [0.4, 0.5) is 0 Å². The number of rotatable bonds is 6. The molecule has 0 bridgehead atoms. The Bertz CT molecular complexity index is 509. The van der Waals surface area contributed by atoms with E-state index in [0.717, 1.165) is 35.7 Å². The van der Waals surface area contributed by atoms with E-state index in [1.165, 1.54) is 0 Å². The van der Waals surface area contributed by atoms with Crippen molar-refractivity contribution in [2.45, 2.75) is 32.9 Å². The van der Waals surface area contributed by atoms with E-state index in [1.807, 2.05) is 17.8 Å². The summed E-state index contributed by atoms with van der Waals surface area (Å²) < 4.78 is 12.9. The van der Waals surface area contributed by atoms with Crippen molar-refractivity contribution in [1.82, 2.24) is 15.1 Å². The van der Waals surface area contributed by atoms with Crippen molar-refractivity contribution < 1.29 is 9.15 Å². The summed E-state index contributed by atoms with van der Waals surface area (Å²) in [6, 6.07) is 2.03. The van der Waals surface area contributed by atoms with E-state index in [-0.39, 0.29) is 6.04 Å². The third-order valence-corrected chi connectivity index (χ3v) is 3.34. The molecule has 1 atom stereocenters. The molecule has 0 saturated heterocycles. The molecular formula is C14H21N3O2. The van der Waals surface area contributed by atoms with Crippen molar-refractivity contribution in [2.75, 3.05) is 14.2 Å². The summed E-state index contributed by atoms with van der Waals surface area (Å²) in [5.41, 5.74) is 2.17. The molecule has 0 spiro atoms. The van der Waals surface area contributed by atoms with Gasteiger partial charge in [-0.05, 0) is 20.0 Å². The van der Waals surface area contributed by atoms with E-state index in [1.54, 1.807) is 19.6 Å². The van der Waals surface area contributed by atoms with E-state index in [0.29, 0.717) is 0 Å². The largest absolute Gasteiger partial charge is 0.493 e. The minimum Gasteiger partial charge on any atom is -0.493 e. The second kappa shape index (κ2) is 5.93.